The highest BCUT2D eigenvalue weighted by molar-refractivity contribution is 9.10. The molecule has 1 amide bonds. The number of carbonyl (C=O) groups excluding carboxylic acids is 1. The van der Waals surface area contributed by atoms with Crippen LogP contribution in [-0.4, -0.2) is 50.2 Å². The van der Waals surface area contributed by atoms with Crippen LogP contribution in [0.5, 0.6) is 0 Å². The van der Waals surface area contributed by atoms with Gasteiger partial charge >= 0.3 is 0 Å². The zero-order valence-corrected chi connectivity index (χ0v) is 13.0. The molecule has 6 nitrogen and oxygen atoms in total. The average Bonchev–Trinajstić information content (AvgIpc) is 2.36. The van der Waals surface area contributed by atoms with Crippen LogP contribution >= 0.6 is 15.9 Å². The number of nitrogens with two attached hydrogens (primary N) is 1. The fraction of sp³-hybridized carbons (Fsp3) is 0.364. The molecule has 1 aliphatic rings. The summed E-state index contributed by atoms with van der Waals surface area (Å²) in [4.78, 5) is 12.5. The van der Waals surface area contributed by atoms with Crippen molar-refractivity contribution in [2.75, 3.05) is 32.4 Å². The van der Waals surface area contributed by atoms with Gasteiger partial charge in [-0.05, 0) is 28.1 Å². The van der Waals surface area contributed by atoms with Gasteiger partial charge in [0.1, 0.15) is 4.90 Å². The number of benzene rings is 1. The van der Waals surface area contributed by atoms with E-state index in [1.54, 1.807) is 7.05 Å². The third-order valence-corrected chi connectivity index (χ3v) is 5.48. The molecule has 0 atom stereocenters. The number of nitrogen functional groups attached to an aromatic ring is 1. The second-order valence-electron chi connectivity index (χ2n) is 4.47. The van der Waals surface area contributed by atoms with E-state index in [-0.39, 0.29) is 35.7 Å². The van der Waals surface area contributed by atoms with E-state index in [9.17, 15) is 17.6 Å². The van der Waals surface area contributed by atoms with Crippen molar-refractivity contribution in [2.45, 2.75) is 4.90 Å². The van der Waals surface area contributed by atoms with Crippen LogP contribution in [0.1, 0.15) is 0 Å². The lowest BCUT2D eigenvalue weighted by Crippen LogP contribution is -2.50. The SMILES string of the molecule is CN1CCN(S(=O)(=O)c2cc(N)cc(Br)c2F)CC1=O. The van der Waals surface area contributed by atoms with E-state index in [0.717, 1.165) is 10.4 Å². The van der Waals surface area contributed by atoms with Gasteiger partial charge in [0, 0.05) is 25.8 Å². The first-order valence-corrected chi connectivity index (χ1v) is 7.95. The summed E-state index contributed by atoms with van der Waals surface area (Å²) >= 11 is 2.92. The lowest BCUT2D eigenvalue weighted by atomic mass is 10.3. The number of anilines is 1. The number of hydrogen-bond donors (Lipinski definition) is 1. The topological polar surface area (TPSA) is 83.7 Å². The van der Waals surface area contributed by atoms with E-state index in [0.29, 0.717) is 0 Å². The van der Waals surface area contributed by atoms with Gasteiger partial charge in [0.2, 0.25) is 15.9 Å². The average molecular weight is 366 g/mol. The van der Waals surface area contributed by atoms with Crippen molar-refractivity contribution in [1.29, 1.82) is 0 Å². The molecule has 0 aromatic heterocycles. The molecular formula is C11H13BrFN3O3S. The third-order valence-electron chi connectivity index (χ3n) is 3.06. The Hall–Kier alpha value is -1.19. The van der Waals surface area contributed by atoms with Crippen LogP contribution in [-0.2, 0) is 14.8 Å². The van der Waals surface area contributed by atoms with Crippen molar-refractivity contribution < 1.29 is 17.6 Å². The molecule has 0 saturated carbocycles. The lowest BCUT2D eigenvalue weighted by molar-refractivity contribution is -0.132. The molecule has 1 fully saturated rings. The molecular weight excluding hydrogens is 353 g/mol. The van der Waals surface area contributed by atoms with E-state index in [1.807, 2.05) is 0 Å². The van der Waals surface area contributed by atoms with Gasteiger partial charge in [0.05, 0.1) is 11.0 Å². The molecule has 1 heterocycles. The van der Waals surface area contributed by atoms with Gasteiger partial charge in [-0.3, -0.25) is 4.79 Å². The van der Waals surface area contributed by atoms with Crippen LogP contribution in [0, 0.1) is 5.82 Å². The summed E-state index contributed by atoms with van der Waals surface area (Å²) in [5, 5.41) is 0. The van der Waals surface area contributed by atoms with Crippen molar-refractivity contribution in [1.82, 2.24) is 9.21 Å². The zero-order chi connectivity index (χ0) is 15.1. The van der Waals surface area contributed by atoms with E-state index >= 15 is 0 Å². The molecule has 1 aromatic rings. The Bertz CT molecular complexity index is 665. The van der Waals surface area contributed by atoms with Crippen molar-refractivity contribution in [3.8, 4) is 0 Å². The fourth-order valence-corrected chi connectivity index (χ4v) is 3.96. The number of rotatable bonds is 2. The van der Waals surface area contributed by atoms with Crippen molar-refractivity contribution >= 4 is 37.5 Å². The van der Waals surface area contributed by atoms with E-state index in [4.69, 9.17) is 5.73 Å². The van der Waals surface area contributed by atoms with Crippen LogP contribution in [0.25, 0.3) is 0 Å². The molecule has 0 spiro atoms. The quantitative estimate of drug-likeness (QED) is 0.779. The van der Waals surface area contributed by atoms with Gasteiger partial charge in [0.15, 0.2) is 5.82 Å². The Morgan fingerprint density at radius 2 is 2.00 bits per heavy atom. The van der Waals surface area contributed by atoms with Gasteiger partial charge in [-0.2, -0.15) is 4.31 Å². The Morgan fingerprint density at radius 1 is 1.35 bits per heavy atom. The second-order valence-corrected chi connectivity index (χ2v) is 7.23. The predicted molar refractivity (Wildman–Crippen MR) is 74.9 cm³/mol. The second kappa shape index (κ2) is 5.30. The minimum Gasteiger partial charge on any atom is -0.399 e. The molecule has 2 N–H and O–H groups in total. The minimum atomic E-state index is -4.09. The first-order valence-electron chi connectivity index (χ1n) is 5.72. The molecule has 9 heteroatoms. The number of piperazine rings is 1. The smallest absolute Gasteiger partial charge is 0.246 e. The summed E-state index contributed by atoms with van der Waals surface area (Å²) in [5.74, 6) is -1.24. The van der Waals surface area contributed by atoms with Crippen molar-refractivity contribution in [2.24, 2.45) is 0 Å². The van der Waals surface area contributed by atoms with E-state index in [1.165, 1.54) is 11.0 Å². The largest absolute Gasteiger partial charge is 0.399 e. The number of halogens is 2. The molecule has 0 bridgehead atoms. The van der Waals surface area contributed by atoms with Crippen LogP contribution in [0.2, 0.25) is 0 Å². The number of nitrogens with zero attached hydrogens (tertiary/aromatic N) is 2. The van der Waals surface area contributed by atoms with Crippen molar-refractivity contribution in [3.63, 3.8) is 0 Å². The van der Waals surface area contributed by atoms with Gasteiger partial charge in [-0.1, -0.05) is 0 Å². The van der Waals surface area contributed by atoms with Crippen LogP contribution in [0.15, 0.2) is 21.5 Å². The molecule has 1 saturated heterocycles. The van der Waals surface area contributed by atoms with Crippen molar-refractivity contribution in [3.05, 3.63) is 22.4 Å². The normalized spacial score (nSPS) is 17.6. The lowest BCUT2D eigenvalue weighted by Gasteiger charge is -2.31. The molecule has 0 unspecified atom stereocenters. The van der Waals surface area contributed by atoms with Gasteiger partial charge in [-0.15, -0.1) is 0 Å². The number of hydrogen-bond acceptors (Lipinski definition) is 4. The predicted octanol–water partition coefficient (Wildman–Crippen LogP) is 0.633. The number of sulfonamides is 1. The highest BCUT2D eigenvalue weighted by Gasteiger charge is 2.33. The monoisotopic (exact) mass is 365 g/mol. The summed E-state index contributed by atoms with van der Waals surface area (Å²) in [5.41, 5.74) is 5.67. The molecule has 0 aliphatic carbocycles. The summed E-state index contributed by atoms with van der Waals surface area (Å²) in [6.07, 6.45) is 0. The summed E-state index contributed by atoms with van der Waals surface area (Å²) in [6.45, 7) is 0.0876. The van der Waals surface area contributed by atoms with Gasteiger partial charge in [0.25, 0.3) is 0 Å². The Morgan fingerprint density at radius 3 is 2.60 bits per heavy atom. The highest BCUT2D eigenvalue weighted by atomic mass is 79.9. The summed E-state index contributed by atoms with van der Waals surface area (Å²) in [6, 6.07) is 2.34. The fourth-order valence-electron chi connectivity index (χ4n) is 1.85. The summed E-state index contributed by atoms with van der Waals surface area (Å²) < 4.78 is 39.7. The Balaban J connectivity index is 2.44. The van der Waals surface area contributed by atoms with Gasteiger partial charge < -0.3 is 10.6 Å². The Kier molecular flexibility index (Phi) is 4.03. The zero-order valence-electron chi connectivity index (χ0n) is 10.6. The molecule has 1 aliphatic heterocycles. The summed E-state index contributed by atoms with van der Waals surface area (Å²) in [7, 11) is -2.51. The number of amides is 1. The number of carbonyl (C=O) groups is 1. The first-order chi connectivity index (χ1) is 9.23. The molecule has 20 heavy (non-hydrogen) atoms. The maximum atomic E-state index is 14.0. The maximum absolute atomic E-state index is 14.0. The standard InChI is InChI=1S/C11H13BrFN3O3S/c1-15-2-3-16(6-10(15)17)20(18,19)9-5-7(14)4-8(12)11(9)13/h4-5H,2-3,6,14H2,1H3. The van der Waals surface area contributed by atoms with Crippen LogP contribution < -0.4 is 5.73 Å². The van der Waals surface area contributed by atoms with Gasteiger partial charge in [-0.25, -0.2) is 12.8 Å². The van der Waals surface area contributed by atoms with E-state index < -0.39 is 20.7 Å². The third kappa shape index (κ3) is 2.65. The minimum absolute atomic E-state index is 0.0310. The van der Waals surface area contributed by atoms with Crippen LogP contribution in [0.3, 0.4) is 0 Å². The highest BCUT2D eigenvalue weighted by Crippen LogP contribution is 2.28. The Labute approximate surface area is 124 Å². The molecule has 0 radical (unpaired) electrons. The number of likely N-dealkylation sites (N-methyl/N-ethyl adjacent to an activating group) is 1. The molecule has 1 aromatic carbocycles. The maximum Gasteiger partial charge on any atom is 0.246 e. The molecule has 2 rings (SSSR count). The van der Waals surface area contributed by atoms with Crippen LogP contribution in [0.4, 0.5) is 10.1 Å². The van der Waals surface area contributed by atoms with E-state index in [2.05, 4.69) is 15.9 Å². The first kappa shape index (κ1) is 15.2. The molecule has 110 valence electrons.